The van der Waals surface area contributed by atoms with Gasteiger partial charge >= 0.3 is 5.91 Å². The van der Waals surface area contributed by atoms with Crippen LogP contribution in [0.15, 0.2) is 29.4 Å². The van der Waals surface area contributed by atoms with Crippen molar-refractivity contribution in [2.75, 3.05) is 5.73 Å². The summed E-state index contributed by atoms with van der Waals surface area (Å²) in [7, 11) is 0. The number of carbonyl (C=O) groups excluding carboxylic acids is 1. The van der Waals surface area contributed by atoms with Crippen LogP contribution in [0.25, 0.3) is 0 Å². The van der Waals surface area contributed by atoms with Gasteiger partial charge in [-0.25, -0.2) is 0 Å². The van der Waals surface area contributed by atoms with E-state index in [1.54, 1.807) is 12.1 Å². The first-order valence-electron chi connectivity index (χ1n) is 2.97. The second kappa shape index (κ2) is 2.92. The van der Waals surface area contributed by atoms with Gasteiger partial charge in [0, 0.05) is 16.4 Å². The highest BCUT2D eigenvalue weighted by Gasteiger charge is 2.02. The Balaban J connectivity index is 2.98. The Morgan fingerprint density at radius 3 is 2.27 bits per heavy atom. The number of nitroso groups, excluding NO2 is 1. The van der Waals surface area contributed by atoms with Crippen molar-refractivity contribution in [3.8, 4) is 0 Å². The van der Waals surface area contributed by atoms with Crippen molar-refractivity contribution in [2.45, 2.75) is 0 Å². The quantitative estimate of drug-likeness (QED) is 0.482. The van der Waals surface area contributed by atoms with Crippen molar-refractivity contribution in [2.24, 2.45) is 5.18 Å². The SMILES string of the molecule is Nc1ccc(C(=O)N=O)cc1. The molecular weight excluding hydrogens is 144 g/mol. The molecule has 0 aromatic heterocycles. The van der Waals surface area contributed by atoms with E-state index in [2.05, 4.69) is 5.18 Å². The van der Waals surface area contributed by atoms with Gasteiger partial charge in [-0.1, -0.05) is 0 Å². The van der Waals surface area contributed by atoms with Gasteiger partial charge in [-0.15, -0.1) is 4.91 Å². The largest absolute Gasteiger partial charge is 0.399 e. The second-order valence-electron chi connectivity index (χ2n) is 2.02. The van der Waals surface area contributed by atoms with Gasteiger partial charge in [-0.2, -0.15) is 0 Å². The number of nitrogens with two attached hydrogens (primary N) is 1. The first-order chi connectivity index (χ1) is 5.24. The van der Waals surface area contributed by atoms with Gasteiger partial charge in [0.1, 0.15) is 0 Å². The van der Waals surface area contributed by atoms with E-state index in [9.17, 15) is 9.70 Å². The maximum atomic E-state index is 10.6. The van der Waals surface area contributed by atoms with Crippen LogP contribution in [0.4, 0.5) is 5.69 Å². The number of carbonyl (C=O) groups is 1. The molecule has 4 heteroatoms. The Kier molecular flexibility index (Phi) is 1.96. The lowest BCUT2D eigenvalue weighted by Gasteiger charge is -1.92. The first kappa shape index (κ1) is 7.40. The fraction of sp³-hybridized carbons (Fsp3) is 0. The summed E-state index contributed by atoms with van der Waals surface area (Å²) in [4.78, 5) is 20.4. The normalized spacial score (nSPS) is 9.09. The number of hydrogen-bond donors (Lipinski definition) is 1. The fourth-order valence-corrected chi connectivity index (χ4v) is 0.678. The van der Waals surface area contributed by atoms with Crippen molar-refractivity contribution in [3.05, 3.63) is 34.7 Å². The monoisotopic (exact) mass is 150 g/mol. The van der Waals surface area contributed by atoms with Crippen LogP contribution in [-0.4, -0.2) is 5.91 Å². The zero-order chi connectivity index (χ0) is 8.27. The summed E-state index contributed by atoms with van der Waals surface area (Å²) in [6.07, 6.45) is 0. The number of rotatable bonds is 1. The molecule has 0 aliphatic rings. The van der Waals surface area contributed by atoms with Crippen LogP contribution in [0.2, 0.25) is 0 Å². The van der Waals surface area contributed by atoms with Crippen LogP contribution in [0.5, 0.6) is 0 Å². The van der Waals surface area contributed by atoms with E-state index in [4.69, 9.17) is 5.73 Å². The van der Waals surface area contributed by atoms with E-state index in [-0.39, 0.29) is 5.56 Å². The van der Waals surface area contributed by atoms with Crippen LogP contribution in [-0.2, 0) is 0 Å². The van der Waals surface area contributed by atoms with E-state index in [1.165, 1.54) is 12.1 Å². The van der Waals surface area contributed by atoms with Gasteiger partial charge in [-0.05, 0) is 24.3 Å². The predicted molar refractivity (Wildman–Crippen MR) is 41.0 cm³/mol. The first-order valence-corrected chi connectivity index (χ1v) is 2.97. The predicted octanol–water partition coefficient (Wildman–Crippen LogP) is 1.18. The van der Waals surface area contributed by atoms with Crippen LogP contribution in [0.1, 0.15) is 10.4 Å². The Bertz CT molecular complexity index is 279. The zero-order valence-corrected chi connectivity index (χ0v) is 5.65. The van der Waals surface area contributed by atoms with E-state index >= 15 is 0 Å². The average molecular weight is 150 g/mol. The zero-order valence-electron chi connectivity index (χ0n) is 5.65. The summed E-state index contributed by atoms with van der Waals surface area (Å²) < 4.78 is 0. The molecule has 0 saturated carbocycles. The molecule has 4 nitrogen and oxygen atoms in total. The Morgan fingerprint density at radius 2 is 1.82 bits per heavy atom. The third-order valence-electron chi connectivity index (χ3n) is 1.24. The van der Waals surface area contributed by atoms with Crippen molar-refractivity contribution in [3.63, 3.8) is 0 Å². The van der Waals surface area contributed by atoms with Crippen molar-refractivity contribution in [1.29, 1.82) is 0 Å². The lowest BCUT2D eigenvalue weighted by Crippen LogP contribution is -1.93. The molecule has 1 aromatic carbocycles. The molecule has 0 unspecified atom stereocenters. The molecule has 2 N–H and O–H groups in total. The number of amides is 1. The van der Waals surface area contributed by atoms with E-state index < -0.39 is 5.91 Å². The van der Waals surface area contributed by atoms with Gasteiger partial charge in [0.25, 0.3) is 0 Å². The molecule has 0 heterocycles. The smallest absolute Gasteiger partial charge is 0.316 e. The molecule has 1 rings (SSSR count). The maximum Gasteiger partial charge on any atom is 0.316 e. The third-order valence-corrected chi connectivity index (χ3v) is 1.24. The van der Waals surface area contributed by atoms with Crippen LogP contribution in [0.3, 0.4) is 0 Å². The van der Waals surface area contributed by atoms with Crippen molar-refractivity contribution >= 4 is 11.6 Å². The molecule has 0 saturated heterocycles. The number of anilines is 1. The molecular formula is C7H6N2O2. The van der Waals surface area contributed by atoms with Gasteiger partial charge in [0.2, 0.25) is 0 Å². The summed E-state index contributed by atoms with van der Waals surface area (Å²) in [6, 6.07) is 5.99. The fourth-order valence-electron chi connectivity index (χ4n) is 0.678. The van der Waals surface area contributed by atoms with Crippen molar-refractivity contribution < 1.29 is 4.79 Å². The van der Waals surface area contributed by atoms with E-state index in [0.29, 0.717) is 5.69 Å². The molecule has 56 valence electrons. The standard InChI is InChI=1S/C7H6N2O2/c8-6-3-1-5(2-4-6)7(10)9-11/h1-4H,8H2. The lowest BCUT2D eigenvalue weighted by atomic mass is 10.2. The molecule has 0 atom stereocenters. The minimum atomic E-state index is -0.773. The minimum Gasteiger partial charge on any atom is -0.399 e. The molecule has 11 heavy (non-hydrogen) atoms. The minimum absolute atomic E-state index is 0.259. The highest BCUT2D eigenvalue weighted by molar-refractivity contribution is 5.94. The molecule has 1 amide bonds. The Labute approximate surface area is 63.0 Å². The van der Waals surface area contributed by atoms with Crippen LogP contribution in [0, 0.1) is 4.91 Å². The Hall–Kier alpha value is -1.71. The number of benzene rings is 1. The molecule has 0 spiro atoms. The average Bonchev–Trinajstić information content (AvgIpc) is 2.05. The third kappa shape index (κ3) is 1.61. The number of nitrogens with zero attached hydrogens (tertiary/aromatic N) is 1. The van der Waals surface area contributed by atoms with Crippen molar-refractivity contribution in [1.82, 2.24) is 0 Å². The second-order valence-corrected chi connectivity index (χ2v) is 2.02. The number of hydrogen-bond acceptors (Lipinski definition) is 3. The van der Waals surface area contributed by atoms with Crippen LogP contribution < -0.4 is 5.73 Å². The molecule has 0 aliphatic heterocycles. The summed E-state index contributed by atoms with van der Waals surface area (Å²) in [6.45, 7) is 0. The van der Waals surface area contributed by atoms with Gasteiger partial charge in [0.15, 0.2) is 0 Å². The maximum absolute atomic E-state index is 10.6. The summed E-state index contributed by atoms with van der Waals surface area (Å²) in [5.74, 6) is -0.773. The van der Waals surface area contributed by atoms with E-state index in [0.717, 1.165) is 0 Å². The number of nitrogen functional groups attached to an aromatic ring is 1. The highest BCUT2D eigenvalue weighted by Crippen LogP contribution is 2.05. The topological polar surface area (TPSA) is 72.5 Å². The lowest BCUT2D eigenvalue weighted by molar-refractivity contribution is 0.100. The summed E-state index contributed by atoms with van der Waals surface area (Å²) >= 11 is 0. The Morgan fingerprint density at radius 1 is 1.27 bits per heavy atom. The van der Waals surface area contributed by atoms with E-state index in [1.807, 2.05) is 0 Å². The van der Waals surface area contributed by atoms with Crippen LogP contribution >= 0.6 is 0 Å². The molecule has 0 aliphatic carbocycles. The van der Waals surface area contributed by atoms with Gasteiger partial charge in [-0.3, -0.25) is 4.79 Å². The molecule has 1 aromatic rings. The summed E-state index contributed by atoms with van der Waals surface area (Å²) in [5.41, 5.74) is 6.16. The molecule has 0 radical (unpaired) electrons. The molecule has 0 bridgehead atoms. The van der Waals surface area contributed by atoms with Gasteiger partial charge < -0.3 is 5.73 Å². The summed E-state index contributed by atoms with van der Waals surface area (Å²) in [5, 5.41) is 2.26. The van der Waals surface area contributed by atoms with Gasteiger partial charge in [0.05, 0.1) is 0 Å². The molecule has 0 fully saturated rings. The highest BCUT2D eigenvalue weighted by atomic mass is 16.3.